The van der Waals surface area contributed by atoms with Gasteiger partial charge in [-0.2, -0.15) is 0 Å². The molecule has 0 N–H and O–H groups in total. The van der Waals surface area contributed by atoms with E-state index in [1.807, 2.05) is 13.8 Å². The van der Waals surface area contributed by atoms with Crippen LogP contribution in [0.15, 0.2) is 18.2 Å². The monoisotopic (exact) mass is 348 g/mol. The predicted octanol–water partition coefficient (Wildman–Crippen LogP) is 2.38. The van der Waals surface area contributed by atoms with Crippen LogP contribution in [0.4, 0.5) is 14.5 Å². The summed E-state index contributed by atoms with van der Waals surface area (Å²) >= 11 is 0. The second-order valence-electron chi connectivity index (χ2n) is 5.22. The lowest BCUT2D eigenvalue weighted by Crippen LogP contribution is -2.44. The second-order valence-corrected chi connectivity index (χ2v) is 7.13. The van der Waals surface area contributed by atoms with Crippen LogP contribution in [0.2, 0.25) is 0 Å². The number of rotatable bonds is 8. The first-order valence-corrected chi connectivity index (χ1v) is 9.26. The van der Waals surface area contributed by atoms with E-state index in [4.69, 9.17) is 0 Å². The first-order valence-electron chi connectivity index (χ1n) is 7.41. The Labute approximate surface area is 135 Å². The van der Waals surface area contributed by atoms with Crippen LogP contribution in [-0.2, 0) is 14.8 Å². The first-order chi connectivity index (χ1) is 10.7. The molecule has 0 saturated carbocycles. The maximum atomic E-state index is 13.9. The SMILES string of the molecule is CCCN(CCC)C(=O)CN(c1c(F)cccc1F)S(C)(=O)=O. The molecule has 0 heterocycles. The van der Waals surface area contributed by atoms with Crippen molar-refractivity contribution in [1.29, 1.82) is 0 Å². The molecule has 0 aromatic heterocycles. The summed E-state index contributed by atoms with van der Waals surface area (Å²) in [6.07, 6.45) is 2.23. The molecular formula is C15H22F2N2O3S. The van der Waals surface area contributed by atoms with Gasteiger partial charge in [-0.05, 0) is 25.0 Å². The minimum atomic E-state index is -4.02. The van der Waals surface area contributed by atoms with E-state index in [9.17, 15) is 22.0 Å². The third kappa shape index (κ3) is 5.16. The molecule has 1 aromatic carbocycles. The van der Waals surface area contributed by atoms with Crippen molar-refractivity contribution in [3.05, 3.63) is 29.8 Å². The molecule has 1 amide bonds. The van der Waals surface area contributed by atoms with E-state index < -0.39 is 39.8 Å². The highest BCUT2D eigenvalue weighted by molar-refractivity contribution is 7.92. The molecule has 5 nitrogen and oxygen atoms in total. The molecule has 8 heteroatoms. The molecule has 0 saturated heterocycles. The number of amides is 1. The quantitative estimate of drug-likeness (QED) is 0.725. The van der Waals surface area contributed by atoms with Crippen molar-refractivity contribution in [3.63, 3.8) is 0 Å². The van der Waals surface area contributed by atoms with Gasteiger partial charge in [0.15, 0.2) is 11.6 Å². The summed E-state index contributed by atoms with van der Waals surface area (Å²) < 4.78 is 52.2. The molecule has 0 fully saturated rings. The van der Waals surface area contributed by atoms with Gasteiger partial charge in [0.2, 0.25) is 15.9 Å². The van der Waals surface area contributed by atoms with E-state index >= 15 is 0 Å². The third-order valence-corrected chi connectivity index (χ3v) is 4.32. The van der Waals surface area contributed by atoms with Gasteiger partial charge >= 0.3 is 0 Å². The Morgan fingerprint density at radius 1 is 1.09 bits per heavy atom. The minimum Gasteiger partial charge on any atom is -0.341 e. The number of benzene rings is 1. The normalized spacial score (nSPS) is 11.3. The van der Waals surface area contributed by atoms with Gasteiger partial charge in [-0.15, -0.1) is 0 Å². The summed E-state index contributed by atoms with van der Waals surface area (Å²) in [4.78, 5) is 13.8. The lowest BCUT2D eigenvalue weighted by atomic mass is 10.3. The van der Waals surface area contributed by atoms with E-state index in [1.54, 1.807) is 0 Å². The van der Waals surface area contributed by atoms with E-state index in [0.717, 1.165) is 24.5 Å². The molecule has 1 aromatic rings. The number of halogens is 2. The van der Waals surface area contributed by atoms with E-state index in [0.29, 0.717) is 30.2 Å². The molecule has 0 aliphatic carbocycles. The Morgan fingerprint density at radius 2 is 1.57 bits per heavy atom. The van der Waals surface area contributed by atoms with Crippen LogP contribution in [0, 0.1) is 11.6 Å². The van der Waals surface area contributed by atoms with Crippen molar-refractivity contribution >= 4 is 21.6 Å². The Morgan fingerprint density at radius 3 is 1.96 bits per heavy atom. The van der Waals surface area contributed by atoms with Gasteiger partial charge in [0.05, 0.1) is 6.26 Å². The number of hydrogen-bond donors (Lipinski definition) is 0. The summed E-state index contributed by atoms with van der Waals surface area (Å²) in [5.74, 6) is -2.54. The summed E-state index contributed by atoms with van der Waals surface area (Å²) in [6, 6.07) is 3.05. The van der Waals surface area contributed by atoms with E-state index in [2.05, 4.69) is 0 Å². The van der Waals surface area contributed by atoms with Crippen LogP contribution < -0.4 is 4.31 Å². The minimum absolute atomic E-state index is 0.462. The van der Waals surface area contributed by atoms with Gasteiger partial charge in [-0.25, -0.2) is 17.2 Å². The Hall–Kier alpha value is -1.70. The summed E-state index contributed by atoms with van der Waals surface area (Å²) in [6.45, 7) is 4.08. The fourth-order valence-corrected chi connectivity index (χ4v) is 3.06. The van der Waals surface area contributed by atoms with Gasteiger partial charge in [0.1, 0.15) is 12.2 Å². The largest absolute Gasteiger partial charge is 0.341 e. The van der Waals surface area contributed by atoms with Crippen molar-refractivity contribution in [3.8, 4) is 0 Å². The van der Waals surface area contributed by atoms with Crippen molar-refractivity contribution in [2.24, 2.45) is 0 Å². The maximum Gasteiger partial charge on any atom is 0.243 e. The van der Waals surface area contributed by atoms with Crippen molar-refractivity contribution in [2.75, 3.05) is 30.2 Å². The number of para-hydroxylation sites is 1. The summed E-state index contributed by atoms with van der Waals surface area (Å²) in [5, 5.41) is 0. The molecule has 0 spiro atoms. The summed E-state index contributed by atoms with van der Waals surface area (Å²) in [5.41, 5.74) is -0.726. The lowest BCUT2D eigenvalue weighted by molar-refractivity contribution is -0.129. The molecule has 0 aliphatic rings. The zero-order chi connectivity index (χ0) is 17.6. The lowest BCUT2D eigenvalue weighted by Gasteiger charge is -2.27. The molecule has 0 atom stereocenters. The van der Waals surface area contributed by atoms with Crippen molar-refractivity contribution in [1.82, 2.24) is 4.90 Å². The van der Waals surface area contributed by atoms with Gasteiger partial charge in [0, 0.05) is 13.1 Å². The van der Waals surface area contributed by atoms with Gasteiger partial charge in [-0.3, -0.25) is 9.10 Å². The maximum absolute atomic E-state index is 13.9. The van der Waals surface area contributed by atoms with Crippen molar-refractivity contribution < 1.29 is 22.0 Å². The van der Waals surface area contributed by atoms with Crippen LogP contribution >= 0.6 is 0 Å². The average molecular weight is 348 g/mol. The van der Waals surface area contributed by atoms with Crippen molar-refractivity contribution in [2.45, 2.75) is 26.7 Å². The van der Waals surface area contributed by atoms with Gasteiger partial charge in [-0.1, -0.05) is 19.9 Å². The number of nitrogens with zero attached hydrogens (tertiary/aromatic N) is 2. The molecular weight excluding hydrogens is 326 g/mol. The highest BCUT2D eigenvalue weighted by Gasteiger charge is 2.28. The van der Waals surface area contributed by atoms with Crippen LogP contribution in [-0.4, -0.2) is 45.1 Å². The fourth-order valence-electron chi connectivity index (χ4n) is 2.21. The Bertz CT molecular complexity index is 624. The van der Waals surface area contributed by atoms with Crippen LogP contribution in [0.1, 0.15) is 26.7 Å². The molecule has 0 unspecified atom stereocenters. The average Bonchev–Trinajstić information content (AvgIpc) is 2.44. The highest BCUT2D eigenvalue weighted by Crippen LogP contribution is 2.25. The summed E-state index contributed by atoms with van der Waals surface area (Å²) in [7, 11) is -4.02. The number of carbonyl (C=O) groups is 1. The molecule has 0 aliphatic heterocycles. The molecule has 1 rings (SSSR count). The Balaban J connectivity index is 3.17. The predicted molar refractivity (Wildman–Crippen MR) is 85.7 cm³/mol. The van der Waals surface area contributed by atoms with E-state index in [-0.39, 0.29) is 0 Å². The molecule has 130 valence electrons. The van der Waals surface area contributed by atoms with Gasteiger partial charge < -0.3 is 4.90 Å². The van der Waals surface area contributed by atoms with Crippen LogP contribution in [0.25, 0.3) is 0 Å². The standard InChI is InChI=1S/C15H22F2N2O3S/c1-4-9-18(10-5-2)14(20)11-19(23(3,21)22)15-12(16)7-6-8-13(15)17/h6-8H,4-5,9-11H2,1-3H3. The zero-order valence-corrected chi connectivity index (χ0v) is 14.4. The highest BCUT2D eigenvalue weighted by atomic mass is 32.2. The Kier molecular flexibility index (Phi) is 6.93. The van der Waals surface area contributed by atoms with E-state index in [1.165, 1.54) is 4.90 Å². The fraction of sp³-hybridized carbons (Fsp3) is 0.533. The number of sulfonamides is 1. The van der Waals surface area contributed by atoms with Gasteiger partial charge in [0.25, 0.3) is 0 Å². The smallest absolute Gasteiger partial charge is 0.243 e. The topological polar surface area (TPSA) is 57.7 Å². The van der Waals surface area contributed by atoms with Crippen LogP contribution in [0.5, 0.6) is 0 Å². The molecule has 0 radical (unpaired) electrons. The molecule has 23 heavy (non-hydrogen) atoms. The second kappa shape index (κ2) is 8.24. The first kappa shape index (κ1) is 19.3. The number of hydrogen-bond acceptors (Lipinski definition) is 3. The number of anilines is 1. The third-order valence-electron chi connectivity index (χ3n) is 3.21. The number of carbonyl (C=O) groups excluding carboxylic acids is 1. The van der Waals surface area contributed by atoms with Crippen LogP contribution in [0.3, 0.4) is 0 Å². The molecule has 0 bridgehead atoms. The zero-order valence-electron chi connectivity index (χ0n) is 13.6.